The van der Waals surface area contributed by atoms with E-state index in [2.05, 4.69) is 22.6 Å². The normalized spacial score (nSPS) is 8.36. The van der Waals surface area contributed by atoms with Crippen LogP contribution in [0, 0.1) is 0 Å². The largest absolute Gasteiger partial charge is 0.462 e. The molecule has 0 rings (SSSR count). The molecule has 0 aromatic carbocycles. The lowest BCUT2D eigenvalue weighted by Gasteiger charge is -2.02. The quantitative estimate of drug-likeness (QED) is 0.369. The summed E-state index contributed by atoms with van der Waals surface area (Å²) in [5.41, 5.74) is 0. The number of carbonyl (C=O) groups is 2. The Morgan fingerprint density at radius 1 is 0.909 bits per heavy atom. The molecule has 0 amide bonds. The van der Waals surface area contributed by atoms with Gasteiger partial charge in [0.1, 0.15) is 0 Å². The highest BCUT2D eigenvalue weighted by molar-refractivity contribution is 5.81. The summed E-state index contributed by atoms with van der Waals surface area (Å²) in [4.78, 5) is 21.0. The van der Waals surface area contributed by atoms with Gasteiger partial charge in [-0.15, -0.1) is 0 Å². The molecule has 7 nitrogen and oxygen atoms in total. The number of carbonyl (C=O) groups excluding carboxylic acids is 2. The second-order valence-electron chi connectivity index (χ2n) is 3.33. The summed E-state index contributed by atoms with van der Waals surface area (Å²) in [6.07, 6.45) is 2.63. The summed E-state index contributed by atoms with van der Waals surface area (Å²) in [6, 6.07) is 0. The molecule has 0 saturated heterocycles. The van der Waals surface area contributed by atoms with Crippen LogP contribution in [0.4, 0.5) is 0 Å². The highest BCUT2D eigenvalue weighted by Crippen LogP contribution is 1.88. The lowest BCUT2D eigenvalue weighted by molar-refractivity contribution is -0.140. The zero-order chi connectivity index (χ0) is 17.6. The van der Waals surface area contributed by atoms with Gasteiger partial charge in [-0.2, -0.15) is 0 Å². The van der Waals surface area contributed by atoms with E-state index in [1.165, 1.54) is 0 Å². The molecular weight excluding hydrogens is 292 g/mol. The number of esters is 2. The van der Waals surface area contributed by atoms with Crippen molar-refractivity contribution in [3.63, 3.8) is 0 Å². The van der Waals surface area contributed by atoms with Crippen LogP contribution in [0.1, 0.15) is 20.3 Å². The Morgan fingerprint density at radius 3 is 1.45 bits per heavy atom. The number of hydrogen-bond donors (Lipinski definition) is 2. The van der Waals surface area contributed by atoms with E-state index in [0.29, 0.717) is 6.42 Å². The molecule has 0 aromatic heterocycles. The zero-order valence-corrected chi connectivity index (χ0v) is 13.5. The van der Waals surface area contributed by atoms with Gasteiger partial charge in [-0.1, -0.05) is 13.2 Å². The highest BCUT2D eigenvalue weighted by Gasteiger charge is 1.97. The Labute approximate surface area is 132 Å². The molecule has 7 heteroatoms. The number of hydrogen-bond acceptors (Lipinski definition) is 7. The third kappa shape index (κ3) is 31.0. The van der Waals surface area contributed by atoms with Crippen LogP contribution in [0.5, 0.6) is 0 Å². The first-order valence-electron chi connectivity index (χ1n) is 6.91. The van der Waals surface area contributed by atoms with Crippen molar-refractivity contribution in [1.82, 2.24) is 0 Å². The number of rotatable bonds is 9. The predicted molar refractivity (Wildman–Crippen MR) is 83.3 cm³/mol. The van der Waals surface area contributed by atoms with Gasteiger partial charge in [0.25, 0.3) is 0 Å². The first-order valence-corrected chi connectivity index (χ1v) is 6.91. The van der Waals surface area contributed by atoms with Crippen LogP contribution in [0.3, 0.4) is 0 Å². The maximum Gasteiger partial charge on any atom is 0.330 e. The van der Waals surface area contributed by atoms with E-state index in [0.717, 1.165) is 25.4 Å². The molecule has 0 aliphatic heterocycles. The summed E-state index contributed by atoms with van der Waals surface area (Å²) >= 11 is 0. The molecule has 130 valence electrons. The molecule has 0 saturated carbocycles. The van der Waals surface area contributed by atoms with Gasteiger partial charge in [0.2, 0.25) is 0 Å². The van der Waals surface area contributed by atoms with Crippen molar-refractivity contribution in [1.29, 1.82) is 0 Å². The number of aliphatic hydroxyl groups excluding tert-OH is 2. The second-order valence-corrected chi connectivity index (χ2v) is 3.33. The average molecular weight is 320 g/mol. The summed E-state index contributed by atoms with van der Waals surface area (Å²) < 4.78 is 14.1. The summed E-state index contributed by atoms with van der Waals surface area (Å²) in [6.45, 7) is 12.3. The standard InChI is InChI=1S/C9H12O4.C4H10O.C2H6O2/c1-3-8(10)12-6-5-7-13-9(11)4-2;1-3-5-4-2;3-1-2-4/h3-4H,1-2,5-7H2;3-4H2,1-2H3;3-4H,1-2H2. The minimum atomic E-state index is -0.477. The molecule has 0 aliphatic rings. The molecule has 0 spiro atoms. The molecular formula is C15H28O7. The van der Waals surface area contributed by atoms with Crippen molar-refractivity contribution in [3.05, 3.63) is 25.3 Å². The van der Waals surface area contributed by atoms with Crippen LogP contribution in [0.15, 0.2) is 25.3 Å². The topological polar surface area (TPSA) is 102 Å². The fraction of sp³-hybridized carbons (Fsp3) is 0.600. The van der Waals surface area contributed by atoms with Gasteiger partial charge in [-0.25, -0.2) is 9.59 Å². The second kappa shape index (κ2) is 24.3. The molecule has 0 heterocycles. The van der Waals surface area contributed by atoms with Gasteiger partial charge >= 0.3 is 11.9 Å². The summed E-state index contributed by atoms with van der Waals surface area (Å²) in [5, 5.41) is 15.2. The van der Waals surface area contributed by atoms with E-state index in [1.807, 2.05) is 13.8 Å². The van der Waals surface area contributed by atoms with E-state index in [-0.39, 0.29) is 26.4 Å². The molecule has 0 atom stereocenters. The van der Waals surface area contributed by atoms with Crippen LogP contribution >= 0.6 is 0 Å². The minimum Gasteiger partial charge on any atom is -0.462 e. The van der Waals surface area contributed by atoms with Crippen molar-refractivity contribution in [2.75, 3.05) is 39.6 Å². The van der Waals surface area contributed by atoms with E-state index >= 15 is 0 Å². The van der Waals surface area contributed by atoms with E-state index in [4.69, 9.17) is 14.9 Å². The van der Waals surface area contributed by atoms with Gasteiger partial charge in [0.15, 0.2) is 0 Å². The Hall–Kier alpha value is -1.70. The van der Waals surface area contributed by atoms with Crippen LogP contribution in [0.25, 0.3) is 0 Å². The fourth-order valence-corrected chi connectivity index (χ4v) is 0.726. The van der Waals surface area contributed by atoms with Gasteiger partial charge in [-0.05, 0) is 13.8 Å². The van der Waals surface area contributed by atoms with Crippen molar-refractivity contribution in [3.8, 4) is 0 Å². The molecule has 0 aromatic rings. The molecule has 0 fully saturated rings. The van der Waals surface area contributed by atoms with Gasteiger partial charge < -0.3 is 24.4 Å². The van der Waals surface area contributed by atoms with Gasteiger partial charge in [-0.3, -0.25) is 0 Å². The molecule has 2 N–H and O–H groups in total. The van der Waals surface area contributed by atoms with Crippen LogP contribution in [-0.2, 0) is 23.8 Å². The van der Waals surface area contributed by atoms with E-state index in [9.17, 15) is 9.59 Å². The Balaban J connectivity index is -0.000000330. The Bertz CT molecular complexity index is 251. The Morgan fingerprint density at radius 2 is 1.27 bits per heavy atom. The van der Waals surface area contributed by atoms with Crippen LogP contribution in [0.2, 0.25) is 0 Å². The molecule has 0 unspecified atom stereocenters. The molecule has 0 radical (unpaired) electrons. The smallest absolute Gasteiger partial charge is 0.330 e. The maximum absolute atomic E-state index is 10.5. The third-order valence-corrected chi connectivity index (χ3v) is 1.62. The van der Waals surface area contributed by atoms with Gasteiger partial charge in [0.05, 0.1) is 26.4 Å². The summed E-state index contributed by atoms with van der Waals surface area (Å²) in [5.74, 6) is -0.954. The van der Waals surface area contributed by atoms with Crippen molar-refractivity contribution >= 4 is 11.9 Å². The Kier molecular flexibility index (Phi) is 27.9. The maximum atomic E-state index is 10.5. The molecule has 0 aliphatic carbocycles. The molecule has 0 bridgehead atoms. The first kappa shape index (κ1) is 25.3. The molecule has 22 heavy (non-hydrogen) atoms. The van der Waals surface area contributed by atoms with Crippen molar-refractivity contribution in [2.45, 2.75) is 20.3 Å². The van der Waals surface area contributed by atoms with Crippen molar-refractivity contribution < 1.29 is 34.0 Å². The predicted octanol–water partition coefficient (Wildman–Crippen LogP) is 0.849. The van der Waals surface area contributed by atoms with Gasteiger partial charge in [0, 0.05) is 31.8 Å². The average Bonchev–Trinajstić information content (AvgIpc) is 2.55. The number of aliphatic hydroxyl groups is 2. The SMILES string of the molecule is C=CC(=O)OCCCOC(=O)C=C.CCOCC.OCCO. The van der Waals surface area contributed by atoms with Crippen LogP contribution in [-0.4, -0.2) is 61.8 Å². The number of ether oxygens (including phenoxy) is 3. The van der Waals surface area contributed by atoms with Crippen LogP contribution < -0.4 is 0 Å². The van der Waals surface area contributed by atoms with E-state index < -0.39 is 11.9 Å². The monoisotopic (exact) mass is 320 g/mol. The van der Waals surface area contributed by atoms with E-state index in [1.54, 1.807) is 0 Å². The zero-order valence-electron chi connectivity index (χ0n) is 13.5. The van der Waals surface area contributed by atoms with Crippen molar-refractivity contribution in [2.24, 2.45) is 0 Å². The third-order valence-electron chi connectivity index (χ3n) is 1.62. The lowest BCUT2D eigenvalue weighted by Crippen LogP contribution is -2.07. The fourth-order valence-electron chi connectivity index (χ4n) is 0.726. The lowest BCUT2D eigenvalue weighted by atomic mass is 10.5. The highest BCUT2D eigenvalue weighted by atomic mass is 16.5. The first-order chi connectivity index (χ1) is 10.5. The minimum absolute atomic E-state index is 0.125. The summed E-state index contributed by atoms with van der Waals surface area (Å²) in [7, 11) is 0.